The number of ether oxygens (including phenoxy) is 1. The Morgan fingerprint density at radius 1 is 0.700 bits per heavy atom. The van der Waals surface area contributed by atoms with Crippen molar-refractivity contribution in [3.05, 3.63) is 77.1 Å². The summed E-state index contributed by atoms with van der Waals surface area (Å²) in [5.74, 6) is -0.643. The minimum Gasteiger partial charge on any atom is -0.419 e. The van der Waals surface area contributed by atoms with Crippen LogP contribution in [0.4, 0.5) is 0 Å². The fourth-order valence-electron chi connectivity index (χ4n) is 4.85. The Labute approximate surface area is 226 Å². The molecule has 0 radical (unpaired) electrons. The Hall–Kier alpha value is -4.07. The molecule has 2 aliphatic heterocycles. The molecule has 0 spiro atoms. The Morgan fingerprint density at radius 2 is 1.15 bits per heavy atom. The number of hydrogen-bond acceptors (Lipinski definition) is 12. The fraction of sp³-hybridized carbons (Fsp3) is 0.444. The predicted molar refractivity (Wildman–Crippen MR) is 142 cm³/mol. The number of nitrogens with zero attached hydrogens (tertiary/aromatic N) is 3. The zero-order chi connectivity index (χ0) is 28.4. The van der Waals surface area contributed by atoms with Crippen LogP contribution >= 0.6 is 0 Å². The molecule has 0 saturated carbocycles. The summed E-state index contributed by atoms with van der Waals surface area (Å²) in [7, 11) is 0. The van der Waals surface area contributed by atoms with Crippen LogP contribution in [0.1, 0.15) is 29.8 Å². The van der Waals surface area contributed by atoms with E-state index in [4.69, 9.17) is 22.4 Å². The van der Waals surface area contributed by atoms with E-state index in [1.54, 1.807) is 0 Å². The van der Waals surface area contributed by atoms with E-state index in [0.29, 0.717) is 52.5 Å². The summed E-state index contributed by atoms with van der Waals surface area (Å²) in [4.78, 5) is 70.3. The van der Waals surface area contributed by atoms with Gasteiger partial charge in [-0.2, -0.15) is 0 Å². The summed E-state index contributed by atoms with van der Waals surface area (Å²) < 4.78 is 27.7. The van der Waals surface area contributed by atoms with Crippen molar-refractivity contribution in [2.45, 2.75) is 26.4 Å². The highest BCUT2D eigenvalue weighted by atomic mass is 16.5. The predicted octanol–water partition coefficient (Wildman–Crippen LogP) is 0.929. The van der Waals surface area contributed by atoms with Crippen LogP contribution in [-0.4, -0.2) is 79.1 Å². The number of benzene rings is 1. The average Bonchev–Trinajstić information content (AvgIpc) is 2.93. The number of carbonyl (C=O) groups is 1. The number of piperazine rings is 1. The highest BCUT2D eigenvalue weighted by molar-refractivity contribution is 6.14. The van der Waals surface area contributed by atoms with Gasteiger partial charge in [0.15, 0.2) is 22.3 Å². The van der Waals surface area contributed by atoms with Gasteiger partial charge in [-0.1, -0.05) is 0 Å². The van der Waals surface area contributed by atoms with Crippen molar-refractivity contribution in [2.24, 2.45) is 0 Å². The lowest BCUT2D eigenvalue weighted by Crippen LogP contribution is -2.50. The lowest BCUT2D eigenvalue weighted by molar-refractivity contribution is 0.0343. The van der Waals surface area contributed by atoms with Crippen LogP contribution in [-0.2, 0) is 11.3 Å². The van der Waals surface area contributed by atoms with E-state index in [9.17, 15) is 24.0 Å². The minimum atomic E-state index is -0.942. The van der Waals surface area contributed by atoms with Gasteiger partial charge in [0.1, 0.15) is 5.56 Å². The fourth-order valence-corrected chi connectivity index (χ4v) is 4.85. The molecule has 0 bridgehead atoms. The number of fused-ring (bicyclic) bond motifs is 2. The van der Waals surface area contributed by atoms with E-state index in [-0.39, 0.29) is 34.9 Å². The third-order valence-corrected chi connectivity index (χ3v) is 6.97. The second-order valence-electron chi connectivity index (χ2n) is 9.83. The van der Waals surface area contributed by atoms with Crippen molar-refractivity contribution in [1.29, 1.82) is 0 Å². The first-order valence-corrected chi connectivity index (χ1v) is 13.0. The summed E-state index contributed by atoms with van der Waals surface area (Å²) in [6.07, 6.45) is 0. The second-order valence-corrected chi connectivity index (χ2v) is 9.83. The van der Waals surface area contributed by atoms with Gasteiger partial charge < -0.3 is 27.3 Å². The standard InChI is InChI=1S/C27H29N3O10/c1-16(2)29-7-9-30(10-8-29)27(35)22-25-23(37-18(31)3-5-20(33)39-25)17(15-28-11-13-36-14-12-28)24-26(22)40-21(34)6-4-19(32)38-24/h3-6,16H,7-15H2,1-2H3. The lowest BCUT2D eigenvalue weighted by atomic mass is 10.0. The van der Waals surface area contributed by atoms with E-state index in [0.717, 1.165) is 24.3 Å². The quantitative estimate of drug-likeness (QED) is 0.449. The summed E-state index contributed by atoms with van der Waals surface area (Å²) in [5, 5.41) is 0. The van der Waals surface area contributed by atoms with E-state index >= 15 is 0 Å². The largest absolute Gasteiger partial charge is 0.419 e. The molecule has 2 fully saturated rings. The molecule has 2 aliphatic rings. The van der Waals surface area contributed by atoms with Gasteiger partial charge in [0, 0.05) is 76.1 Å². The molecule has 5 rings (SSSR count). The molecule has 2 aromatic heterocycles. The molecular weight excluding hydrogens is 526 g/mol. The first-order chi connectivity index (χ1) is 19.2. The molecule has 1 aromatic carbocycles. The molecule has 212 valence electrons. The van der Waals surface area contributed by atoms with Gasteiger partial charge in [-0.15, -0.1) is 0 Å². The highest BCUT2D eigenvalue weighted by Crippen LogP contribution is 2.32. The van der Waals surface area contributed by atoms with Crippen LogP contribution in [0.15, 0.2) is 61.1 Å². The molecule has 13 heteroatoms. The molecule has 0 N–H and O–H groups in total. The summed E-state index contributed by atoms with van der Waals surface area (Å²) in [6, 6.07) is 3.79. The van der Waals surface area contributed by atoms with E-state index in [1.165, 1.54) is 4.90 Å². The van der Waals surface area contributed by atoms with Gasteiger partial charge in [-0.05, 0) is 13.8 Å². The maximum absolute atomic E-state index is 14.1. The van der Waals surface area contributed by atoms with Crippen molar-refractivity contribution < 1.29 is 27.2 Å². The summed E-state index contributed by atoms with van der Waals surface area (Å²) in [6.45, 7) is 7.81. The number of amides is 1. The molecule has 4 heterocycles. The summed E-state index contributed by atoms with van der Waals surface area (Å²) in [5.41, 5.74) is -5.29. The third-order valence-electron chi connectivity index (χ3n) is 6.97. The third kappa shape index (κ3) is 5.76. The second kappa shape index (κ2) is 11.6. The van der Waals surface area contributed by atoms with Crippen LogP contribution < -0.4 is 22.5 Å². The Kier molecular flexibility index (Phi) is 7.96. The summed E-state index contributed by atoms with van der Waals surface area (Å²) >= 11 is 0. The van der Waals surface area contributed by atoms with E-state index in [2.05, 4.69) is 18.7 Å². The molecular formula is C27H29N3O10. The van der Waals surface area contributed by atoms with Crippen molar-refractivity contribution >= 4 is 28.2 Å². The van der Waals surface area contributed by atoms with Gasteiger partial charge in [0.05, 0.1) is 18.8 Å². The maximum Gasteiger partial charge on any atom is 0.336 e. The lowest BCUT2D eigenvalue weighted by Gasteiger charge is -2.36. The van der Waals surface area contributed by atoms with Gasteiger partial charge in [-0.25, -0.2) is 19.2 Å². The Bertz CT molecular complexity index is 1620. The maximum atomic E-state index is 14.1. The van der Waals surface area contributed by atoms with Crippen LogP contribution in [0.5, 0.6) is 0 Å². The Morgan fingerprint density at radius 3 is 1.60 bits per heavy atom. The van der Waals surface area contributed by atoms with Crippen LogP contribution in [0.3, 0.4) is 0 Å². The zero-order valence-electron chi connectivity index (χ0n) is 22.2. The molecule has 2 saturated heterocycles. The Balaban J connectivity index is 1.87. The molecule has 1 amide bonds. The molecule has 0 aliphatic carbocycles. The number of hydrogen-bond donors (Lipinski definition) is 0. The van der Waals surface area contributed by atoms with Crippen LogP contribution in [0.2, 0.25) is 0 Å². The molecule has 0 atom stereocenters. The molecule has 0 unspecified atom stereocenters. The minimum absolute atomic E-state index is 0.0403. The smallest absolute Gasteiger partial charge is 0.336 e. The van der Waals surface area contributed by atoms with Crippen molar-refractivity contribution in [3.8, 4) is 0 Å². The normalized spacial score (nSPS) is 16.9. The molecule has 40 heavy (non-hydrogen) atoms. The highest BCUT2D eigenvalue weighted by Gasteiger charge is 2.32. The zero-order valence-corrected chi connectivity index (χ0v) is 22.2. The van der Waals surface area contributed by atoms with E-state index in [1.807, 2.05) is 4.90 Å². The van der Waals surface area contributed by atoms with Crippen molar-refractivity contribution in [3.63, 3.8) is 0 Å². The van der Waals surface area contributed by atoms with Crippen molar-refractivity contribution in [2.75, 3.05) is 52.5 Å². The number of rotatable bonds is 4. The van der Waals surface area contributed by atoms with Gasteiger partial charge in [-0.3, -0.25) is 14.6 Å². The van der Waals surface area contributed by atoms with Crippen LogP contribution in [0, 0.1) is 0 Å². The SMILES string of the molecule is CC(C)N1CCN(C(=O)c2c3oc(=O)ccc(=O)oc3c(CN3CCOCC3)c3oc(=O)ccc(=O)oc23)CC1. The number of carbonyl (C=O) groups excluding carboxylic acids is 1. The monoisotopic (exact) mass is 555 g/mol. The van der Waals surface area contributed by atoms with E-state index < -0.39 is 39.6 Å². The molecule has 13 nitrogen and oxygen atoms in total. The van der Waals surface area contributed by atoms with Crippen molar-refractivity contribution in [1.82, 2.24) is 14.7 Å². The van der Waals surface area contributed by atoms with Gasteiger partial charge >= 0.3 is 22.5 Å². The number of morpholine rings is 1. The average molecular weight is 556 g/mol. The first kappa shape index (κ1) is 27.5. The topological polar surface area (TPSA) is 157 Å². The first-order valence-electron chi connectivity index (χ1n) is 13.0. The molecule has 3 aromatic rings. The van der Waals surface area contributed by atoms with Crippen LogP contribution in [0.25, 0.3) is 22.3 Å². The van der Waals surface area contributed by atoms with Gasteiger partial charge in [0.25, 0.3) is 5.91 Å². The van der Waals surface area contributed by atoms with Gasteiger partial charge in [0.2, 0.25) is 0 Å².